The molecule has 4 rings (SSSR count). The number of ketones is 1. The third-order valence-corrected chi connectivity index (χ3v) is 5.49. The van der Waals surface area contributed by atoms with Gasteiger partial charge in [0.05, 0.1) is 20.3 Å². The van der Waals surface area contributed by atoms with Gasteiger partial charge in [-0.05, 0) is 55.5 Å². The van der Waals surface area contributed by atoms with Gasteiger partial charge in [-0.1, -0.05) is 5.57 Å². The Labute approximate surface area is 142 Å². The molecule has 0 N–H and O–H groups in total. The van der Waals surface area contributed by atoms with E-state index < -0.39 is 0 Å². The fourth-order valence-corrected chi connectivity index (χ4v) is 4.22. The summed E-state index contributed by atoms with van der Waals surface area (Å²) < 4.78 is 10.9. The van der Waals surface area contributed by atoms with Crippen LogP contribution in [0.25, 0.3) is 0 Å². The molecule has 24 heavy (non-hydrogen) atoms. The maximum atomic E-state index is 12.7. The van der Waals surface area contributed by atoms with Crippen LogP contribution in [-0.2, 0) is 11.2 Å². The molecule has 2 aliphatic heterocycles. The van der Waals surface area contributed by atoms with Crippen LogP contribution in [0, 0.1) is 0 Å². The molecule has 0 aromatic heterocycles. The first-order valence-electron chi connectivity index (χ1n) is 8.57. The predicted molar refractivity (Wildman–Crippen MR) is 92.3 cm³/mol. The molecular weight excluding hydrogens is 302 g/mol. The van der Waals surface area contributed by atoms with Crippen LogP contribution in [0.4, 0.5) is 0 Å². The van der Waals surface area contributed by atoms with Gasteiger partial charge < -0.3 is 14.4 Å². The smallest absolute Gasteiger partial charge is 0.163 e. The van der Waals surface area contributed by atoms with Crippen molar-refractivity contribution in [1.82, 2.24) is 4.90 Å². The highest BCUT2D eigenvalue weighted by Crippen LogP contribution is 2.45. The molecule has 0 radical (unpaired) electrons. The predicted octanol–water partition coefficient (Wildman–Crippen LogP) is 3.57. The second-order valence-electron chi connectivity index (χ2n) is 6.85. The number of benzene rings is 1. The van der Waals surface area contributed by atoms with Gasteiger partial charge in [0.25, 0.3) is 0 Å². The van der Waals surface area contributed by atoms with Crippen LogP contribution in [0.15, 0.2) is 35.1 Å². The number of hydrogen-bond acceptors (Lipinski definition) is 4. The molecule has 0 amide bonds. The second kappa shape index (κ2) is 5.69. The van der Waals surface area contributed by atoms with Crippen LogP contribution in [0.3, 0.4) is 0 Å². The van der Waals surface area contributed by atoms with Crippen LogP contribution in [-0.4, -0.2) is 31.4 Å². The van der Waals surface area contributed by atoms with E-state index in [0.29, 0.717) is 12.2 Å². The Hall–Kier alpha value is -2.23. The lowest BCUT2D eigenvalue weighted by molar-refractivity contribution is -0.118. The SMILES string of the molecule is COc1cc2c(cc1OC)[C@H]1CC(=O)C3=C(C=C(C)CC3)N1CC2. The number of hydrogen-bond donors (Lipinski definition) is 0. The van der Waals surface area contributed by atoms with Gasteiger partial charge in [0.1, 0.15) is 0 Å². The highest BCUT2D eigenvalue weighted by atomic mass is 16.5. The second-order valence-corrected chi connectivity index (χ2v) is 6.85. The van der Waals surface area contributed by atoms with E-state index in [-0.39, 0.29) is 6.04 Å². The average Bonchev–Trinajstić information content (AvgIpc) is 2.60. The number of Topliss-reactive ketones (excluding diaryl/α,β-unsaturated/α-hetero) is 1. The van der Waals surface area contributed by atoms with Crippen LogP contribution in [0.1, 0.15) is 43.4 Å². The van der Waals surface area contributed by atoms with Crippen molar-refractivity contribution in [2.75, 3.05) is 20.8 Å². The number of ether oxygens (including phenoxy) is 2. The third-order valence-electron chi connectivity index (χ3n) is 5.49. The summed E-state index contributed by atoms with van der Waals surface area (Å²) >= 11 is 0. The monoisotopic (exact) mass is 325 g/mol. The summed E-state index contributed by atoms with van der Waals surface area (Å²) in [4.78, 5) is 15.1. The van der Waals surface area contributed by atoms with E-state index in [2.05, 4.69) is 30.0 Å². The molecule has 0 saturated heterocycles. The van der Waals surface area contributed by atoms with Gasteiger partial charge in [0.2, 0.25) is 0 Å². The number of fused-ring (bicyclic) bond motifs is 4. The Morgan fingerprint density at radius 2 is 1.83 bits per heavy atom. The summed E-state index contributed by atoms with van der Waals surface area (Å²) in [7, 11) is 3.32. The van der Waals surface area contributed by atoms with E-state index in [9.17, 15) is 4.79 Å². The van der Waals surface area contributed by atoms with Crippen molar-refractivity contribution >= 4 is 5.78 Å². The van der Waals surface area contributed by atoms with Gasteiger partial charge in [-0.25, -0.2) is 0 Å². The fraction of sp³-hybridized carbons (Fsp3) is 0.450. The molecule has 1 aliphatic carbocycles. The first kappa shape index (κ1) is 15.3. The highest BCUT2D eigenvalue weighted by Gasteiger charge is 2.38. The zero-order valence-corrected chi connectivity index (χ0v) is 14.5. The number of carbonyl (C=O) groups excluding carboxylic acids is 1. The summed E-state index contributed by atoms with van der Waals surface area (Å²) in [5, 5.41) is 0. The molecule has 1 atom stereocenters. The van der Waals surface area contributed by atoms with Crippen LogP contribution in [0.5, 0.6) is 11.5 Å². The molecule has 1 aromatic carbocycles. The topological polar surface area (TPSA) is 38.8 Å². The first-order valence-corrected chi connectivity index (χ1v) is 8.57. The molecule has 0 bridgehead atoms. The lowest BCUT2D eigenvalue weighted by atomic mass is 9.80. The summed E-state index contributed by atoms with van der Waals surface area (Å²) in [6.07, 6.45) is 5.64. The first-order chi connectivity index (χ1) is 11.6. The number of allylic oxidation sites excluding steroid dienone is 3. The van der Waals surface area contributed by atoms with Crippen molar-refractivity contribution < 1.29 is 14.3 Å². The van der Waals surface area contributed by atoms with E-state index >= 15 is 0 Å². The van der Waals surface area contributed by atoms with Crippen LogP contribution >= 0.6 is 0 Å². The Kier molecular flexibility index (Phi) is 3.63. The van der Waals surface area contributed by atoms with Crippen molar-refractivity contribution in [3.8, 4) is 11.5 Å². The molecule has 1 aromatic rings. The van der Waals surface area contributed by atoms with Crippen LogP contribution < -0.4 is 9.47 Å². The number of methoxy groups -OCH3 is 2. The molecule has 0 fully saturated rings. The standard InChI is InChI=1S/C20H23NO3/c1-12-4-5-14-16(8-12)21-7-6-13-9-19(23-2)20(24-3)10-15(13)17(21)11-18(14)22/h8-10,17H,4-7,11H2,1-3H3/t17-/m1/s1. The molecule has 4 nitrogen and oxygen atoms in total. The van der Waals surface area contributed by atoms with Gasteiger partial charge >= 0.3 is 0 Å². The van der Waals surface area contributed by atoms with Crippen molar-refractivity contribution in [3.05, 3.63) is 46.2 Å². The van der Waals surface area contributed by atoms with Crippen molar-refractivity contribution in [3.63, 3.8) is 0 Å². The van der Waals surface area contributed by atoms with Crippen molar-refractivity contribution in [2.45, 2.75) is 38.6 Å². The molecule has 0 saturated carbocycles. The van der Waals surface area contributed by atoms with E-state index in [1.165, 1.54) is 16.7 Å². The summed E-state index contributed by atoms with van der Waals surface area (Å²) in [5.74, 6) is 1.80. The number of nitrogens with zero attached hydrogens (tertiary/aromatic N) is 1. The lowest BCUT2D eigenvalue weighted by Crippen LogP contribution is -2.41. The fourth-order valence-electron chi connectivity index (χ4n) is 4.22. The van der Waals surface area contributed by atoms with Gasteiger partial charge in [0.15, 0.2) is 17.3 Å². The zero-order chi connectivity index (χ0) is 16.8. The molecular formula is C20H23NO3. The molecule has 0 unspecified atom stereocenters. The van der Waals surface area contributed by atoms with Gasteiger partial charge in [-0.15, -0.1) is 0 Å². The molecule has 3 aliphatic rings. The van der Waals surface area contributed by atoms with Crippen molar-refractivity contribution in [1.29, 1.82) is 0 Å². The summed E-state index contributed by atoms with van der Waals surface area (Å²) in [5.41, 5.74) is 6.01. The maximum Gasteiger partial charge on any atom is 0.163 e. The lowest BCUT2D eigenvalue weighted by Gasteiger charge is -2.44. The van der Waals surface area contributed by atoms with Gasteiger partial charge in [-0.3, -0.25) is 4.79 Å². The Morgan fingerprint density at radius 1 is 1.08 bits per heavy atom. The molecule has 0 spiro atoms. The van der Waals surface area contributed by atoms with E-state index in [0.717, 1.165) is 48.6 Å². The molecule has 126 valence electrons. The van der Waals surface area contributed by atoms with E-state index in [4.69, 9.17) is 9.47 Å². The third kappa shape index (κ3) is 2.24. The highest BCUT2D eigenvalue weighted by molar-refractivity contribution is 5.98. The van der Waals surface area contributed by atoms with E-state index in [1.807, 2.05) is 0 Å². The number of rotatable bonds is 2. The molecule has 4 heteroatoms. The van der Waals surface area contributed by atoms with Gasteiger partial charge in [0, 0.05) is 24.2 Å². The average molecular weight is 325 g/mol. The Balaban J connectivity index is 1.81. The Bertz CT molecular complexity index is 775. The Morgan fingerprint density at radius 3 is 2.58 bits per heavy atom. The van der Waals surface area contributed by atoms with Crippen LogP contribution in [0.2, 0.25) is 0 Å². The number of carbonyl (C=O) groups is 1. The minimum Gasteiger partial charge on any atom is -0.493 e. The summed E-state index contributed by atoms with van der Waals surface area (Å²) in [6.45, 7) is 3.10. The summed E-state index contributed by atoms with van der Waals surface area (Å²) in [6, 6.07) is 4.24. The minimum atomic E-state index is 0.113. The largest absolute Gasteiger partial charge is 0.493 e. The minimum absolute atomic E-state index is 0.113. The quantitative estimate of drug-likeness (QED) is 0.833. The zero-order valence-electron chi connectivity index (χ0n) is 14.5. The van der Waals surface area contributed by atoms with Gasteiger partial charge in [-0.2, -0.15) is 0 Å². The van der Waals surface area contributed by atoms with Crippen molar-refractivity contribution in [2.24, 2.45) is 0 Å². The maximum absolute atomic E-state index is 12.7. The molecule has 2 heterocycles. The normalized spacial score (nSPS) is 22.5. The van der Waals surface area contributed by atoms with E-state index in [1.54, 1.807) is 14.2 Å².